The fourth-order valence-electron chi connectivity index (χ4n) is 3.25. The first-order chi connectivity index (χ1) is 14.9. The Morgan fingerprint density at radius 2 is 1.48 bits per heavy atom. The van der Waals surface area contributed by atoms with Gasteiger partial charge in [-0.05, 0) is 43.3 Å². The van der Waals surface area contributed by atoms with Crippen molar-refractivity contribution in [3.8, 4) is 0 Å². The van der Waals surface area contributed by atoms with Crippen LogP contribution in [0.3, 0.4) is 0 Å². The molecule has 2 aromatic carbocycles. The molecular weight excluding hydrogens is 400 g/mol. The summed E-state index contributed by atoms with van der Waals surface area (Å²) in [6.45, 7) is 3.55. The van der Waals surface area contributed by atoms with Crippen molar-refractivity contribution >= 4 is 40.2 Å². The third kappa shape index (κ3) is 5.39. The molecule has 0 unspecified atom stereocenters. The van der Waals surface area contributed by atoms with Crippen molar-refractivity contribution in [3.05, 3.63) is 59.0 Å². The number of carbonyl (C=O) groups excluding carboxylic acids is 3. The van der Waals surface area contributed by atoms with Crippen LogP contribution in [0.25, 0.3) is 11.0 Å². The van der Waals surface area contributed by atoms with Gasteiger partial charge in [0, 0.05) is 31.4 Å². The third-order valence-electron chi connectivity index (χ3n) is 4.63. The van der Waals surface area contributed by atoms with Crippen LogP contribution in [0.2, 0.25) is 0 Å². The van der Waals surface area contributed by atoms with Crippen molar-refractivity contribution in [2.45, 2.75) is 33.4 Å². The summed E-state index contributed by atoms with van der Waals surface area (Å²) >= 11 is 0. The van der Waals surface area contributed by atoms with Crippen LogP contribution in [0.1, 0.15) is 20.3 Å². The van der Waals surface area contributed by atoms with E-state index in [1.54, 1.807) is 28.8 Å². The second-order valence-corrected chi connectivity index (χ2v) is 6.88. The molecule has 0 aliphatic heterocycles. The predicted octanol–water partition coefficient (Wildman–Crippen LogP) is 2.35. The summed E-state index contributed by atoms with van der Waals surface area (Å²) in [4.78, 5) is 47.7. The Labute approximate surface area is 178 Å². The maximum absolute atomic E-state index is 12.6. The normalized spacial score (nSPS) is 10.6. The first kappa shape index (κ1) is 21.8. The molecule has 162 valence electrons. The lowest BCUT2D eigenvalue weighted by Crippen LogP contribution is -2.26. The zero-order chi connectivity index (χ0) is 22.4. The first-order valence-electron chi connectivity index (χ1n) is 9.90. The van der Waals surface area contributed by atoms with Gasteiger partial charge in [-0.3, -0.25) is 23.5 Å². The van der Waals surface area contributed by atoms with E-state index in [1.165, 1.54) is 11.5 Å². The van der Waals surface area contributed by atoms with E-state index >= 15 is 0 Å². The molecule has 0 saturated heterocycles. The van der Waals surface area contributed by atoms with Crippen LogP contribution in [0.5, 0.6) is 0 Å². The van der Waals surface area contributed by atoms with E-state index in [1.807, 2.05) is 31.2 Å². The number of nitrogens with zero attached hydrogens (tertiary/aromatic N) is 2. The van der Waals surface area contributed by atoms with Gasteiger partial charge in [-0.15, -0.1) is 0 Å². The second-order valence-electron chi connectivity index (χ2n) is 6.88. The zero-order valence-electron chi connectivity index (χ0n) is 17.4. The molecule has 1 aromatic heterocycles. The Hall–Kier alpha value is -3.88. The molecule has 0 aliphatic carbocycles. The Kier molecular flexibility index (Phi) is 6.86. The molecule has 0 spiro atoms. The van der Waals surface area contributed by atoms with E-state index in [-0.39, 0.29) is 24.6 Å². The number of benzene rings is 2. The first-order valence-corrected chi connectivity index (χ1v) is 9.90. The number of nitrogens with one attached hydrogen (secondary N) is 2. The second kappa shape index (κ2) is 9.75. The summed E-state index contributed by atoms with van der Waals surface area (Å²) in [5.74, 6) is -1.25. The minimum absolute atomic E-state index is 0.0314. The SMILES string of the molecule is CCn1c(=O)n(CCC(=O)OCC(=O)Nc2ccc(NC(C)=O)cc2)c2ccccc21. The number of aromatic nitrogens is 2. The standard InChI is InChI=1S/C22H24N4O5/c1-3-25-18-6-4-5-7-19(18)26(22(25)30)13-12-21(29)31-14-20(28)24-17-10-8-16(9-11-17)23-15(2)27/h4-11H,3,12-14H2,1-2H3,(H,23,27)(H,24,28). The predicted molar refractivity (Wildman–Crippen MR) is 117 cm³/mol. The van der Waals surface area contributed by atoms with Gasteiger partial charge in [-0.2, -0.15) is 0 Å². The van der Waals surface area contributed by atoms with Gasteiger partial charge in [-0.1, -0.05) is 12.1 Å². The van der Waals surface area contributed by atoms with Crippen LogP contribution in [0, 0.1) is 0 Å². The smallest absolute Gasteiger partial charge is 0.329 e. The molecule has 0 radical (unpaired) electrons. The topological polar surface area (TPSA) is 111 Å². The maximum atomic E-state index is 12.6. The van der Waals surface area contributed by atoms with Gasteiger partial charge in [0.25, 0.3) is 5.91 Å². The van der Waals surface area contributed by atoms with E-state index in [0.717, 1.165) is 11.0 Å². The molecule has 3 aromatic rings. The van der Waals surface area contributed by atoms with E-state index < -0.39 is 18.5 Å². The monoisotopic (exact) mass is 424 g/mol. The lowest BCUT2D eigenvalue weighted by Gasteiger charge is -2.08. The number of aryl methyl sites for hydroxylation is 2. The lowest BCUT2D eigenvalue weighted by molar-refractivity contribution is -0.147. The number of hydrogen-bond acceptors (Lipinski definition) is 5. The fraction of sp³-hybridized carbons (Fsp3) is 0.273. The van der Waals surface area contributed by atoms with Crippen LogP contribution < -0.4 is 16.3 Å². The van der Waals surface area contributed by atoms with E-state index in [4.69, 9.17) is 4.74 Å². The van der Waals surface area contributed by atoms with Crippen LogP contribution in [-0.4, -0.2) is 33.5 Å². The number of para-hydroxylation sites is 2. The van der Waals surface area contributed by atoms with Crippen LogP contribution in [0.15, 0.2) is 53.3 Å². The highest BCUT2D eigenvalue weighted by molar-refractivity contribution is 5.93. The minimum Gasteiger partial charge on any atom is -0.456 e. The highest BCUT2D eigenvalue weighted by Crippen LogP contribution is 2.14. The molecule has 2 N–H and O–H groups in total. The number of esters is 1. The lowest BCUT2D eigenvalue weighted by atomic mass is 10.2. The number of hydrogen-bond donors (Lipinski definition) is 2. The van der Waals surface area contributed by atoms with Crippen molar-refractivity contribution in [1.82, 2.24) is 9.13 Å². The Bertz CT molecular complexity index is 1160. The van der Waals surface area contributed by atoms with Crippen LogP contribution in [0.4, 0.5) is 11.4 Å². The average Bonchev–Trinajstić information content (AvgIpc) is 3.02. The van der Waals surface area contributed by atoms with E-state index in [2.05, 4.69) is 10.6 Å². The molecule has 0 aliphatic rings. The van der Waals surface area contributed by atoms with Gasteiger partial charge >= 0.3 is 11.7 Å². The molecule has 3 rings (SSSR count). The van der Waals surface area contributed by atoms with Gasteiger partial charge in [0.05, 0.1) is 17.5 Å². The van der Waals surface area contributed by atoms with Gasteiger partial charge in [0.15, 0.2) is 6.61 Å². The van der Waals surface area contributed by atoms with Crippen molar-refractivity contribution in [3.63, 3.8) is 0 Å². The molecule has 31 heavy (non-hydrogen) atoms. The number of fused-ring (bicyclic) bond motifs is 1. The molecule has 1 heterocycles. The van der Waals surface area contributed by atoms with Crippen LogP contribution >= 0.6 is 0 Å². The van der Waals surface area contributed by atoms with Gasteiger partial charge in [-0.25, -0.2) is 4.79 Å². The Morgan fingerprint density at radius 1 is 0.903 bits per heavy atom. The molecule has 0 bridgehead atoms. The summed E-state index contributed by atoms with van der Waals surface area (Å²) in [6.07, 6.45) is -0.0314. The number of carbonyl (C=O) groups is 3. The number of imidazole rings is 1. The molecule has 0 atom stereocenters. The summed E-state index contributed by atoms with van der Waals surface area (Å²) < 4.78 is 8.21. The minimum atomic E-state index is -0.573. The summed E-state index contributed by atoms with van der Waals surface area (Å²) in [7, 11) is 0. The number of rotatable bonds is 8. The Balaban J connectivity index is 1.51. The maximum Gasteiger partial charge on any atom is 0.329 e. The largest absolute Gasteiger partial charge is 0.456 e. The van der Waals surface area contributed by atoms with Crippen molar-refractivity contribution in [2.75, 3.05) is 17.2 Å². The quantitative estimate of drug-likeness (QED) is 0.539. The van der Waals surface area contributed by atoms with Gasteiger partial charge in [0.2, 0.25) is 5.91 Å². The summed E-state index contributed by atoms with van der Waals surface area (Å²) in [5, 5.41) is 5.23. The molecule has 9 nitrogen and oxygen atoms in total. The Morgan fingerprint density at radius 3 is 2.06 bits per heavy atom. The highest BCUT2D eigenvalue weighted by atomic mass is 16.5. The zero-order valence-corrected chi connectivity index (χ0v) is 17.4. The number of anilines is 2. The highest BCUT2D eigenvalue weighted by Gasteiger charge is 2.14. The molecular formula is C22H24N4O5. The van der Waals surface area contributed by atoms with Crippen LogP contribution in [-0.2, 0) is 32.2 Å². The van der Waals surface area contributed by atoms with E-state index in [9.17, 15) is 19.2 Å². The van der Waals surface area contributed by atoms with Gasteiger partial charge in [0.1, 0.15) is 0 Å². The third-order valence-corrected chi connectivity index (χ3v) is 4.63. The molecule has 0 fully saturated rings. The van der Waals surface area contributed by atoms with Crippen molar-refractivity contribution in [2.24, 2.45) is 0 Å². The number of amides is 2. The van der Waals surface area contributed by atoms with E-state index in [0.29, 0.717) is 17.9 Å². The average molecular weight is 424 g/mol. The van der Waals surface area contributed by atoms with Gasteiger partial charge < -0.3 is 15.4 Å². The molecule has 2 amide bonds. The molecule has 9 heteroatoms. The fourth-order valence-corrected chi connectivity index (χ4v) is 3.25. The summed E-state index contributed by atoms with van der Waals surface area (Å²) in [6, 6.07) is 13.9. The molecule has 0 saturated carbocycles. The summed E-state index contributed by atoms with van der Waals surface area (Å²) in [5.41, 5.74) is 2.50. The number of ether oxygens (including phenoxy) is 1. The van der Waals surface area contributed by atoms with Crippen molar-refractivity contribution < 1.29 is 19.1 Å². The van der Waals surface area contributed by atoms with Crippen molar-refractivity contribution in [1.29, 1.82) is 0 Å².